The third kappa shape index (κ3) is 4.23. The Morgan fingerprint density at radius 3 is 2.35 bits per heavy atom. The van der Waals surface area contributed by atoms with Gasteiger partial charge in [0.2, 0.25) is 0 Å². The lowest BCUT2D eigenvalue weighted by Crippen LogP contribution is -2.25. The maximum absolute atomic E-state index is 12.9. The first-order chi connectivity index (χ1) is 15.1. The van der Waals surface area contributed by atoms with E-state index < -0.39 is 5.56 Å². The quantitative estimate of drug-likeness (QED) is 0.437. The molecule has 4 rings (SSSR count). The molecule has 3 aromatic carbocycles. The second-order valence-corrected chi connectivity index (χ2v) is 7.89. The van der Waals surface area contributed by atoms with Crippen LogP contribution < -0.4 is 10.3 Å². The molecule has 0 saturated heterocycles. The van der Waals surface area contributed by atoms with Crippen molar-refractivity contribution in [1.29, 1.82) is 5.26 Å². The molecule has 0 N–H and O–H groups in total. The first kappa shape index (κ1) is 20.5. The fourth-order valence-corrected chi connectivity index (χ4v) is 4.06. The van der Waals surface area contributed by atoms with E-state index in [-0.39, 0.29) is 5.56 Å². The Kier molecular flexibility index (Phi) is 5.87. The number of benzene rings is 3. The molecule has 0 saturated carbocycles. The molecular weight excluding hydrogens is 406 g/mol. The van der Waals surface area contributed by atoms with Crippen molar-refractivity contribution in [1.82, 2.24) is 9.78 Å². The number of rotatable bonds is 5. The van der Waals surface area contributed by atoms with Crippen LogP contribution in [0.5, 0.6) is 5.75 Å². The number of aromatic nitrogens is 2. The normalized spacial score (nSPS) is 10.5. The summed E-state index contributed by atoms with van der Waals surface area (Å²) >= 11 is 1.42. The zero-order valence-electron chi connectivity index (χ0n) is 17.1. The molecule has 4 aromatic rings. The summed E-state index contributed by atoms with van der Waals surface area (Å²) in [5, 5.41) is 14.8. The molecule has 31 heavy (non-hydrogen) atoms. The average Bonchev–Trinajstić information content (AvgIpc) is 2.82. The van der Waals surface area contributed by atoms with Crippen LogP contribution in [0, 0.1) is 18.3 Å². The minimum atomic E-state index is -0.447. The van der Waals surface area contributed by atoms with Crippen LogP contribution in [0.1, 0.15) is 11.1 Å². The Morgan fingerprint density at radius 2 is 1.68 bits per heavy atom. The van der Waals surface area contributed by atoms with E-state index in [4.69, 9.17) is 4.74 Å². The molecule has 5 nitrogen and oxygen atoms in total. The molecule has 0 amide bonds. The second-order valence-electron chi connectivity index (χ2n) is 6.83. The van der Waals surface area contributed by atoms with Crippen molar-refractivity contribution in [2.75, 3.05) is 7.11 Å². The van der Waals surface area contributed by atoms with Gasteiger partial charge in [-0.3, -0.25) is 4.79 Å². The van der Waals surface area contributed by atoms with Crippen LogP contribution in [-0.2, 0) is 0 Å². The van der Waals surface area contributed by atoms with E-state index in [1.54, 1.807) is 38.3 Å². The van der Waals surface area contributed by atoms with Gasteiger partial charge in [-0.05, 0) is 42.3 Å². The van der Waals surface area contributed by atoms with Crippen molar-refractivity contribution in [3.8, 4) is 28.6 Å². The van der Waals surface area contributed by atoms with E-state index in [2.05, 4.69) is 29.4 Å². The van der Waals surface area contributed by atoms with Gasteiger partial charge in [-0.25, -0.2) is 0 Å². The second kappa shape index (κ2) is 8.90. The molecule has 152 valence electrons. The van der Waals surface area contributed by atoms with Crippen molar-refractivity contribution in [2.45, 2.75) is 16.8 Å². The monoisotopic (exact) mass is 425 g/mol. The standard InChI is InChI=1S/C25H19N3O2S/c1-17-23(16-26)25(29)28(20-9-6-10-21(15-20)30-2)27-24(17)31-22-13-11-19(12-14-22)18-7-4-3-5-8-18/h3-15H,1-2H3. The lowest BCUT2D eigenvalue weighted by Gasteiger charge is -2.12. The van der Waals surface area contributed by atoms with E-state index >= 15 is 0 Å². The number of ether oxygens (including phenoxy) is 1. The minimum Gasteiger partial charge on any atom is -0.497 e. The van der Waals surface area contributed by atoms with Crippen LogP contribution >= 0.6 is 11.8 Å². The molecular formula is C25H19N3O2S. The van der Waals surface area contributed by atoms with Gasteiger partial charge in [0.1, 0.15) is 22.4 Å². The van der Waals surface area contributed by atoms with Crippen LogP contribution in [0.3, 0.4) is 0 Å². The molecule has 1 aromatic heterocycles. The number of hydrogen-bond acceptors (Lipinski definition) is 5. The van der Waals surface area contributed by atoms with Crippen LogP contribution in [0.4, 0.5) is 0 Å². The van der Waals surface area contributed by atoms with Crippen molar-refractivity contribution < 1.29 is 4.74 Å². The molecule has 0 spiro atoms. The third-order valence-corrected chi connectivity index (χ3v) is 5.97. The molecule has 0 fully saturated rings. The summed E-state index contributed by atoms with van der Waals surface area (Å²) < 4.78 is 6.52. The molecule has 0 bridgehead atoms. The SMILES string of the molecule is COc1cccc(-n2nc(Sc3ccc(-c4ccccc4)cc3)c(C)c(C#N)c2=O)c1. The zero-order chi connectivity index (χ0) is 21.8. The molecule has 0 atom stereocenters. The first-order valence-electron chi connectivity index (χ1n) is 9.62. The van der Waals surface area contributed by atoms with Gasteiger partial charge in [0, 0.05) is 16.5 Å². The number of nitrogens with zero attached hydrogens (tertiary/aromatic N) is 3. The Bertz CT molecular complexity index is 1320. The predicted octanol–water partition coefficient (Wildman–Crippen LogP) is 5.24. The highest BCUT2D eigenvalue weighted by Gasteiger charge is 2.16. The smallest absolute Gasteiger partial charge is 0.289 e. The molecule has 1 heterocycles. The van der Waals surface area contributed by atoms with Crippen molar-refractivity contribution in [3.63, 3.8) is 0 Å². The van der Waals surface area contributed by atoms with Crippen LogP contribution in [-0.4, -0.2) is 16.9 Å². The maximum Gasteiger partial charge on any atom is 0.289 e. The largest absolute Gasteiger partial charge is 0.497 e. The summed E-state index contributed by atoms with van der Waals surface area (Å²) in [4.78, 5) is 13.8. The highest BCUT2D eigenvalue weighted by molar-refractivity contribution is 7.99. The van der Waals surface area contributed by atoms with Gasteiger partial charge in [0.25, 0.3) is 5.56 Å². The summed E-state index contributed by atoms with van der Waals surface area (Å²) in [7, 11) is 1.56. The lowest BCUT2D eigenvalue weighted by atomic mass is 10.1. The topological polar surface area (TPSA) is 67.9 Å². The minimum absolute atomic E-state index is 0.0845. The van der Waals surface area contributed by atoms with Gasteiger partial charge in [-0.2, -0.15) is 15.0 Å². The van der Waals surface area contributed by atoms with Gasteiger partial charge in [-0.1, -0.05) is 60.3 Å². The molecule has 0 aliphatic carbocycles. The third-order valence-electron chi connectivity index (χ3n) is 4.88. The van der Waals surface area contributed by atoms with E-state index in [0.717, 1.165) is 16.0 Å². The van der Waals surface area contributed by atoms with Gasteiger partial charge in [-0.15, -0.1) is 0 Å². The fourth-order valence-electron chi connectivity index (χ4n) is 3.19. The Morgan fingerprint density at radius 1 is 0.968 bits per heavy atom. The number of hydrogen-bond donors (Lipinski definition) is 0. The lowest BCUT2D eigenvalue weighted by molar-refractivity contribution is 0.414. The molecule has 6 heteroatoms. The van der Waals surface area contributed by atoms with Crippen LogP contribution in [0.25, 0.3) is 16.8 Å². The Balaban J connectivity index is 1.73. The van der Waals surface area contributed by atoms with Gasteiger partial charge in [0.15, 0.2) is 0 Å². The predicted molar refractivity (Wildman–Crippen MR) is 122 cm³/mol. The van der Waals surface area contributed by atoms with E-state index in [1.807, 2.05) is 36.4 Å². The van der Waals surface area contributed by atoms with E-state index in [9.17, 15) is 10.1 Å². The van der Waals surface area contributed by atoms with Crippen molar-refractivity contribution in [3.05, 3.63) is 100 Å². The van der Waals surface area contributed by atoms with Crippen molar-refractivity contribution in [2.24, 2.45) is 0 Å². The number of methoxy groups -OCH3 is 1. The molecule has 0 aliphatic rings. The Labute approximate surface area is 184 Å². The summed E-state index contributed by atoms with van der Waals surface area (Å²) in [5.74, 6) is 0.607. The molecule has 0 radical (unpaired) electrons. The van der Waals surface area contributed by atoms with Crippen LogP contribution in [0.2, 0.25) is 0 Å². The summed E-state index contributed by atoms with van der Waals surface area (Å²) in [5.41, 5.74) is 3.02. The van der Waals surface area contributed by atoms with Crippen LogP contribution in [0.15, 0.2) is 93.6 Å². The zero-order valence-corrected chi connectivity index (χ0v) is 17.9. The van der Waals surface area contributed by atoms with Gasteiger partial charge >= 0.3 is 0 Å². The summed E-state index contributed by atoms with van der Waals surface area (Å²) in [6.45, 7) is 1.75. The highest BCUT2D eigenvalue weighted by Crippen LogP contribution is 2.31. The fraction of sp³-hybridized carbons (Fsp3) is 0.0800. The van der Waals surface area contributed by atoms with Gasteiger partial charge < -0.3 is 4.74 Å². The highest BCUT2D eigenvalue weighted by atomic mass is 32.2. The van der Waals surface area contributed by atoms with E-state index in [0.29, 0.717) is 22.0 Å². The maximum atomic E-state index is 12.9. The van der Waals surface area contributed by atoms with Gasteiger partial charge in [0.05, 0.1) is 12.8 Å². The average molecular weight is 426 g/mol. The Hall–Kier alpha value is -3.82. The summed E-state index contributed by atoms with van der Waals surface area (Å²) in [6, 6.07) is 27.4. The number of nitriles is 1. The van der Waals surface area contributed by atoms with E-state index in [1.165, 1.54) is 16.4 Å². The molecule has 0 aliphatic heterocycles. The molecule has 0 unspecified atom stereocenters. The summed E-state index contributed by atoms with van der Waals surface area (Å²) in [6.07, 6.45) is 0. The first-order valence-corrected chi connectivity index (χ1v) is 10.4. The van der Waals surface area contributed by atoms with Crippen molar-refractivity contribution >= 4 is 11.8 Å².